The summed E-state index contributed by atoms with van der Waals surface area (Å²) in [5, 5.41) is 0. The number of hydrogen-bond donors (Lipinski definition) is 1. The van der Waals surface area contributed by atoms with Crippen molar-refractivity contribution in [1.29, 1.82) is 0 Å². The molecule has 6 heteroatoms. The van der Waals surface area contributed by atoms with Crippen LogP contribution in [0.3, 0.4) is 0 Å². The normalized spacial score (nSPS) is 15.7. The zero-order valence-corrected chi connectivity index (χ0v) is 12.5. The molecule has 0 spiro atoms. The second-order valence-corrected chi connectivity index (χ2v) is 7.47. The Morgan fingerprint density at radius 3 is 2.42 bits per heavy atom. The van der Waals surface area contributed by atoms with Crippen LogP contribution >= 0.6 is 12.2 Å². The fraction of sp³-hybridized carbons (Fsp3) is 0.462. The first kappa shape index (κ1) is 14.4. The third-order valence-corrected chi connectivity index (χ3v) is 5.33. The largest absolute Gasteiger partial charge is 0.389 e. The number of thiocarbonyl (C=S) groups is 1. The fourth-order valence-electron chi connectivity index (χ4n) is 1.91. The van der Waals surface area contributed by atoms with Crippen molar-refractivity contribution < 1.29 is 8.42 Å². The van der Waals surface area contributed by atoms with Crippen molar-refractivity contribution in [2.24, 2.45) is 5.73 Å². The molecule has 1 aromatic carbocycles. The van der Waals surface area contributed by atoms with Crippen LogP contribution < -0.4 is 5.73 Å². The number of nitrogens with zero attached hydrogens (tertiary/aromatic N) is 1. The van der Waals surface area contributed by atoms with Crippen LogP contribution in [0.2, 0.25) is 0 Å². The summed E-state index contributed by atoms with van der Waals surface area (Å²) >= 11 is 4.84. The van der Waals surface area contributed by atoms with E-state index in [1.807, 2.05) is 7.05 Å². The van der Waals surface area contributed by atoms with E-state index in [9.17, 15) is 8.42 Å². The van der Waals surface area contributed by atoms with Crippen molar-refractivity contribution in [2.75, 3.05) is 19.3 Å². The van der Waals surface area contributed by atoms with Crippen LogP contribution in [0.25, 0.3) is 0 Å². The predicted octanol–water partition coefficient (Wildman–Crippen LogP) is 1.19. The Hall–Kier alpha value is -0.980. The van der Waals surface area contributed by atoms with Crippen LogP contribution in [0.15, 0.2) is 29.2 Å². The Kier molecular flexibility index (Phi) is 4.23. The first-order valence-electron chi connectivity index (χ1n) is 6.23. The lowest BCUT2D eigenvalue weighted by molar-refractivity contribution is 0.343. The summed E-state index contributed by atoms with van der Waals surface area (Å²) < 4.78 is 24.3. The summed E-state index contributed by atoms with van der Waals surface area (Å²) in [5.74, 6) is 0.145. The molecule has 0 bridgehead atoms. The van der Waals surface area contributed by atoms with E-state index in [-0.39, 0.29) is 10.7 Å². The maximum absolute atomic E-state index is 12.2. The molecule has 0 atom stereocenters. The summed E-state index contributed by atoms with van der Waals surface area (Å²) in [4.78, 5) is 2.72. The average molecular weight is 298 g/mol. The van der Waals surface area contributed by atoms with Crippen LogP contribution in [0.5, 0.6) is 0 Å². The minimum atomic E-state index is -3.23. The molecule has 0 aromatic heterocycles. The molecule has 1 fully saturated rings. The third kappa shape index (κ3) is 3.75. The Morgan fingerprint density at radius 1 is 1.37 bits per heavy atom. The lowest BCUT2D eigenvalue weighted by Crippen LogP contribution is -2.27. The van der Waals surface area contributed by atoms with Crippen molar-refractivity contribution in [3.8, 4) is 0 Å². The molecule has 104 valence electrons. The first-order valence-corrected chi connectivity index (χ1v) is 8.29. The zero-order chi connectivity index (χ0) is 14.0. The molecule has 0 amide bonds. The van der Waals surface area contributed by atoms with Gasteiger partial charge in [0.1, 0.15) is 4.99 Å². The molecule has 19 heavy (non-hydrogen) atoms. The lowest BCUT2D eigenvalue weighted by atomic mass is 10.2. The Morgan fingerprint density at radius 2 is 1.95 bits per heavy atom. The van der Waals surface area contributed by atoms with Gasteiger partial charge in [-0.1, -0.05) is 24.4 Å². The van der Waals surface area contributed by atoms with E-state index in [2.05, 4.69) is 4.90 Å². The Balaban J connectivity index is 2.03. The molecule has 0 heterocycles. The Labute approximate surface area is 119 Å². The standard InChI is InChI=1S/C13H18N2O2S2/c1-15(11-4-5-11)8-9-19(16,17)12-6-2-10(3-7-12)13(14)18/h2-3,6-7,11H,4-5,8-9H2,1H3,(H2,14,18). The summed E-state index contributed by atoms with van der Waals surface area (Å²) in [7, 11) is -1.25. The second-order valence-electron chi connectivity index (χ2n) is 4.92. The van der Waals surface area contributed by atoms with Crippen LogP contribution in [0, 0.1) is 0 Å². The summed E-state index contributed by atoms with van der Waals surface area (Å²) in [6.45, 7) is 0.573. The van der Waals surface area contributed by atoms with Crippen molar-refractivity contribution in [3.05, 3.63) is 29.8 Å². The van der Waals surface area contributed by atoms with E-state index in [1.165, 1.54) is 12.8 Å². The average Bonchev–Trinajstić information content (AvgIpc) is 3.20. The van der Waals surface area contributed by atoms with Gasteiger partial charge < -0.3 is 10.6 Å². The molecule has 1 saturated carbocycles. The van der Waals surface area contributed by atoms with Crippen molar-refractivity contribution >= 4 is 27.0 Å². The minimum absolute atomic E-state index is 0.145. The van der Waals surface area contributed by atoms with Crippen LogP contribution in [0.4, 0.5) is 0 Å². The van der Waals surface area contributed by atoms with Crippen molar-refractivity contribution in [2.45, 2.75) is 23.8 Å². The number of rotatable bonds is 6. The van der Waals surface area contributed by atoms with Gasteiger partial charge in [0.15, 0.2) is 9.84 Å². The molecule has 1 aliphatic rings. The third-order valence-electron chi connectivity index (χ3n) is 3.38. The van der Waals surface area contributed by atoms with E-state index >= 15 is 0 Å². The topological polar surface area (TPSA) is 63.4 Å². The minimum Gasteiger partial charge on any atom is -0.389 e. The Bertz CT molecular complexity index is 563. The van der Waals surface area contributed by atoms with Gasteiger partial charge in [0.25, 0.3) is 0 Å². The van der Waals surface area contributed by atoms with Crippen LogP contribution in [0.1, 0.15) is 18.4 Å². The first-order chi connectivity index (χ1) is 8.90. The van der Waals surface area contributed by atoms with E-state index in [4.69, 9.17) is 18.0 Å². The second kappa shape index (κ2) is 5.56. The van der Waals surface area contributed by atoms with E-state index < -0.39 is 9.84 Å². The highest BCUT2D eigenvalue weighted by Crippen LogP contribution is 2.25. The monoisotopic (exact) mass is 298 g/mol. The van der Waals surface area contributed by atoms with Crippen LogP contribution in [-0.2, 0) is 9.84 Å². The van der Waals surface area contributed by atoms with Gasteiger partial charge in [0.2, 0.25) is 0 Å². The number of nitrogens with two attached hydrogens (primary N) is 1. The SMILES string of the molecule is CN(CCS(=O)(=O)c1ccc(C(N)=S)cc1)C1CC1. The van der Waals surface area contributed by atoms with E-state index in [1.54, 1.807) is 24.3 Å². The lowest BCUT2D eigenvalue weighted by Gasteiger charge is -2.15. The van der Waals surface area contributed by atoms with Gasteiger partial charge in [-0.25, -0.2) is 8.42 Å². The van der Waals surface area contributed by atoms with Gasteiger partial charge in [-0.2, -0.15) is 0 Å². The molecule has 2 N–H and O–H groups in total. The molecule has 1 aromatic rings. The molecular weight excluding hydrogens is 280 g/mol. The quantitative estimate of drug-likeness (QED) is 0.799. The van der Waals surface area contributed by atoms with Gasteiger partial charge in [0.05, 0.1) is 10.6 Å². The van der Waals surface area contributed by atoms with E-state index in [0.29, 0.717) is 23.0 Å². The number of hydrogen-bond acceptors (Lipinski definition) is 4. The van der Waals surface area contributed by atoms with Gasteiger partial charge in [-0.3, -0.25) is 0 Å². The highest BCUT2D eigenvalue weighted by Gasteiger charge is 2.27. The van der Waals surface area contributed by atoms with Gasteiger partial charge in [-0.15, -0.1) is 0 Å². The zero-order valence-electron chi connectivity index (χ0n) is 10.9. The summed E-state index contributed by atoms with van der Waals surface area (Å²) in [5.41, 5.74) is 6.17. The molecule has 4 nitrogen and oxygen atoms in total. The molecular formula is C13H18N2O2S2. The molecule has 1 aliphatic carbocycles. The number of benzene rings is 1. The maximum atomic E-state index is 12.2. The highest BCUT2D eigenvalue weighted by molar-refractivity contribution is 7.91. The predicted molar refractivity (Wildman–Crippen MR) is 80.0 cm³/mol. The molecule has 2 rings (SSSR count). The van der Waals surface area contributed by atoms with E-state index in [0.717, 1.165) is 0 Å². The molecule has 0 radical (unpaired) electrons. The highest BCUT2D eigenvalue weighted by atomic mass is 32.2. The summed E-state index contributed by atoms with van der Waals surface area (Å²) in [6.07, 6.45) is 2.36. The number of sulfone groups is 1. The van der Waals surface area contributed by atoms with Gasteiger partial charge in [0, 0.05) is 18.2 Å². The molecule has 0 saturated heterocycles. The van der Waals surface area contributed by atoms with Crippen molar-refractivity contribution in [1.82, 2.24) is 4.90 Å². The maximum Gasteiger partial charge on any atom is 0.179 e. The summed E-state index contributed by atoms with van der Waals surface area (Å²) in [6, 6.07) is 7.02. The van der Waals surface area contributed by atoms with Crippen molar-refractivity contribution in [3.63, 3.8) is 0 Å². The molecule has 0 aliphatic heterocycles. The van der Waals surface area contributed by atoms with Crippen LogP contribution in [-0.4, -0.2) is 43.7 Å². The van der Waals surface area contributed by atoms with Gasteiger partial charge >= 0.3 is 0 Å². The fourth-order valence-corrected chi connectivity index (χ4v) is 3.36. The smallest absolute Gasteiger partial charge is 0.179 e. The molecule has 0 unspecified atom stereocenters. The van der Waals surface area contributed by atoms with Gasteiger partial charge in [-0.05, 0) is 32.0 Å².